The Morgan fingerprint density at radius 2 is 2.19 bits per heavy atom. The molecule has 1 aliphatic rings. The van der Waals surface area contributed by atoms with Gasteiger partial charge in [0.2, 0.25) is 11.8 Å². The van der Waals surface area contributed by atoms with E-state index in [2.05, 4.69) is 27.2 Å². The third-order valence-electron chi connectivity index (χ3n) is 3.25. The molecule has 1 N–H and O–H groups in total. The highest BCUT2D eigenvalue weighted by molar-refractivity contribution is 9.10. The van der Waals surface area contributed by atoms with Gasteiger partial charge >= 0.3 is 0 Å². The number of nitrogens with zero attached hydrogens (tertiary/aromatic N) is 1. The van der Waals surface area contributed by atoms with Crippen molar-refractivity contribution in [2.45, 2.75) is 31.8 Å². The summed E-state index contributed by atoms with van der Waals surface area (Å²) in [6.45, 7) is 0.687. The molecular formula is C16H17BrN2O2. The molecule has 2 rings (SSSR count). The Balaban J connectivity index is 1.97. The lowest BCUT2D eigenvalue weighted by Gasteiger charge is -2.22. The van der Waals surface area contributed by atoms with Gasteiger partial charge in [-0.2, -0.15) is 0 Å². The van der Waals surface area contributed by atoms with Crippen molar-refractivity contribution in [1.29, 1.82) is 0 Å². The molecule has 0 saturated heterocycles. The topological polar surface area (TPSA) is 49.4 Å². The van der Waals surface area contributed by atoms with Crippen molar-refractivity contribution in [3.05, 3.63) is 34.3 Å². The molecule has 1 saturated carbocycles. The summed E-state index contributed by atoms with van der Waals surface area (Å²) in [5.74, 6) is 1.85. The number of hydrogen-bond donors (Lipinski definition) is 1. The summed E-state index contributed by atoms with van der Waals surface area (Å²) in [6, 6.07) is 8.11. The number of nitrogens with one attached hydrogen (secondary N) is 1. The van der Waals surface area contributed by atoms with E-state index >= 15 is 0 Å². The second-order valence-corrected chi connectivity index (χ2v) is 5.96. The third-order valence-corrected chi connectivity index (χ3v) is 3.74. The minimum atomic E-state index is -0.321. The van der Waals surface area contributed by atoms with E-state index < -0.39 is 0 Å². The van der Waals surface area contributed by atoms with Crippen LogP contribution in [0.3, 0.4) is 0 Å². The third kappa shape index (κ3) is 4.91. The van der Waals surface area contributed by atoms with Crippen molar-refractivity contribution in [1.82, 2.24) is 10.2 Å². The van der Waals surface area contributed by atoms with Gasteiger partial charge in [-0.15, -0.1) is 6.42 Å². The minimum absolute atomic E-state index is 0.146. The molecule has 0 bridgehead atoms. The SMILES string of the molecule is C#CCNC(=O)CC(=O)N(Cc1cccc(Br)c1)C1CC1. The summed E-state index contributed by atoms with van der Waals surface area (Å²) in [7, 11) is 0. The molecule has 4 nitrogen and oxygen atoms in total. The fourth-order valence-electron chi connectivity index (χ4n) is 2.09. The van der Waals surface area contributed by atoms with Crippen LogP contribution in [0.2, 0.25) is 0 Å². The van der Waals surface area contributed by atoms with Crippen LogP contribution >= 0.6 is 15.9 Å². The molecule has 0 aliphatic heterocycles. The maximum Gasteiger partial charge on any atom is 0.232 e. The quantitative estimate of drug-likeness (QED) is 0.632. The van der Waals surface area contributed by atoms with E-state index in [1.165, 1.54) is 0 Å². The average Bonchev–Trinajstić information content (AvgIpc) is 3.27. The molecule has 0 unspecified atom stereocenters. The standard InChI is InChI=1S/C16H17BrN2O2/c1-2-8-18-15(20)10-16(21)19(14-6-7-14)11-12-4-3-5-13(17)9-12/h1,3-5,9,14H,6-8,10-11H2,(H,18,20). The number of halogens is 1. The van der Waals surface area contributed by atoms with Gasteiger partial charge in [0.05, 0.1) is 6.54 Å². The van der Waals surface area contributed by atoms with Gasteiger partial charge in [0, 0.05) is 17.1 Å². The van der Waals surface area contributed by atoms with Crippen molar-refractivity contribution < 1.29 is 9.59 Å². The zero-order chi connectivity index (χ0) is 15.2. The van der Waals surface area contributed by atoms with Gasteiger partial charge in [-0.3, -0.25) is 9.59 Å². The molecule has 1 aromatic rings. The lowest BCUT2D eigenvalue weighted by molar-refractivity contribution is -0.136. The van der Waals surface area contributed by atoms with Gasteiger partial charge < -0.3 is 10.2 Å². The van der Waals surface area contributed by atoms with E-state index in [-0.39, 0.29) is 30.8 Å². The second-order valence-electron chi connectivity index (χ2n) is 5.04. The lowest BCUT2D eigenvalue weighted by atomic mass is 10.2. The maximum absolute atomic E-state index is 12.3. The van der Waals surface area contributed by atoms with Crippen LogP contribution in [0.5, 0.6) is 0 Å². The first-order valence-corrected chi connectivity index (χ1v) is 7.63. The van der Waals surface area contributed by atoms with Crippen molar-refractivity contribution in [2.75, 3.05) is 6.54 Å². The first-order valence-electron chi connectivity index (χ1n) is 6.84. The highest BCUT2D eigenvalue weighted by Crippen LogP contribution is 2.29. The van der Waals surface area contributed by atoms with E-state index in [0.717, 1.165) is 22.9 Å². The Kier molecular flexibility index (Phi) is 5.40. The number of carbonyl (C=O) groups is 2. The van der Waals surface area contributed by atoms with Crippen LogP contribution < -0.4 is 5.32 Å². The molecule has 1 aliphatic carbocycles. The Labute approximate surface area is 133 Å². The van der Waals surface area contributed by atoms with Gasteiger partial charge in [0.1, 0.15) is 6.42 Å². The van der Waals surface area contributed by atoms with Crippen molar-refractivity contribution in [2.24, 2.45) is 0 Å². The highest BCUT2D eigenvalue weighted by Gasteiger charge is 2.33. The number of terminal acetylenes is 1. The maximum atomic E-state index is 12.3. The van der Waals surface area contributed by atoms with Crippen molar-refractivity contribution >= 4 is 27.7 Å². The minimum Gasteiger partial charge on any atom is -0.345 e. The summed E-state index contributed by atoms with van der Waals surface area (Å²) in [6.07, 6.45) is 6.94. The number of rotatable bonds is 6. The fraction of sp³-hybridized carbons (Fsp3) is 0.375. The first-order chi connectivity index (χ1) is 10.1. The van der Waals surface area contributed by atoms with Gasteiger partial charge in [0.15, 0.2) is 0 Å². The molecule has 0 spiro atoms. The van der Waals surface area contributed by atoms with Crippen LogP contribution in [0.1, 0.15) is 24.8 Å². The summed E-state index contributed by atoms with van der Waals surface area (Å²) in [5, 5.41) is 2.52. The van der Waals surface area contributed by atoms with Crippen molar-refractivity contribution in [3.63, 3.8) is 0 Å². The van der Waals surface area contributed by atoms with E-state index in [1.807, 2.05) is 24.3 Å². The second kappa shape index (κ2) is 7.28. The van der Waals surface area contributed by atoms with Gasteiger partial charge in [-0.25, -0.2) is 0 Å². The smallest absolute Gasteiger partial charge is 0.232 e. The fourth-order valence-corrected chi connectivity index (χ4v) is 2.54. The van der Waals surface area contributed by atoms with Crippen LogP contribution in [0.25, 0.3) is 0 Å². The molecule has 0 radical (unpaired) electrons. The Morgan fingerprint density at radius 3 is 2.81 bits per heavy atom. The molecule has 0 atom stereocenters. The van der Waals surface area contributed by atoms with Gasteiger partial charge in [-0.1, -0.05) is 34.0 Å². The monoisotopic (exact) mass is 348 g/mol. The number of benzene rings is 1. The Morgan fingerprint density at radius 1 is 1.43 bits per heavy atom. The molecule has 5 heteroatoms. The van der Waals surface area contributed by atoms with Crippen molar-refractivity contribution in [3.8, 4) is 12.3 Å². The first kappa shape index (κ1) is 15.6. The largest absolute Gasteiger partial charge is 0.345 e. The molecule has 1 fully saturated rings. The predicted octanol–water partition coefficient (Wildman–Crippen LogP) is 2.08. The van der Waals surface area contributed by atoms with Gasteiger partial charge in [-0.05, 0) is 30.5 Å². The summed E-state index contributed by atoms with van der Waals surface area (Å²) in [5.41, 5.74) is 1.05. The molecule has 0 heterocycles. The average molecular weight is 349 g/mol. The van der Waals surface area contributed by atoms with Crippen LogP contribution in [0.15, 0.2) is 28.7 Å². The summed E-state index contributed by atoms with van der Waals surface area (Å²) in [4.78, 5) is 25.7. The van der Waals surface area contributed by atoms with E-state index in [0.29, 0.717) is 6.54 Å². The van der Waals surface area contributed by atoms with Crippen LogP contribution in [-0.2, 0) is 16.1 Å². The predicted molar refractivity (Wildman–Crippen MR) is 84.2 cm³/mol. The summed E-state index contributed by atoms with van der Waals surface area (Å²) < 4.78 is 0.981. The molecule has 110 valence electrons. The molecule has 1 aromatic carbocycles. The zero-order valence-electron chi connectivity index (χ0n) is 11.6. The molecular weight excluding hydrogens is 332 g/mol. The Bertz CT molecular complexity index is 576. The normalized spacial score (nSPS) is 13.3. The number of hydrogen-bond acceptors (Lipinski definition) is 2. The lowest BCUT2D eigenvalue weighted by Crippen LogP contribution is -2.36. The van der Waals surface area contributed by atoms with E-state index in [4.69, 9.17) is 6.42 Å². The molecule has 21 heavy (non-hydrogen) atoms. The van der Waals surface area contributed by atoms with E-state index in [9.17, 15) is 9.59 Å². The van der Waals surface area contributed by atoms with Crippen LogP contribution in [-0.4, -0.2) is 29.3 Å². The number of carbonyl (C=O) groups excluding carboxylic acids is 2. The highest BCUT2D eigenvalue weighted by atomic mass is 79.9. The zero-order valence-corrected chi connectivity index (χ0v) is 13.2. The number of amides is 2. The van der Waals surface area contributed by atoms with Gasteiger partial charge in [0.25, 0.3) is 0 Å². The Hall–Kier alpha value is -1.80. The summed E-state index contributed by atoms with van der Waals surface area (Å²) >= 11 is 3.42. The molecule has 0 aromatic heterocycles. The van der Waals surface area contributed by atoms with Crippen LogP contribution in [0, 0.1) is 12.3 Å². The van der Waals surface area contributed by atoms with E-state index in [1.54, 1.807) is 4.90 Å². The molecule has 2 amide bonds. The van der Waals surface area contributed by atoms with Crippen LogP contribution in [0.4, 0.5) is 0 Å².